The van der Waals surface area contributed by atoms with E-state index in [2.05, 4.69) is 5.32 Å². The van der Waals surface area contributed by atoms with E-state index in [9.17, 15) is 18.0 Å². The molecule has 4 nitrogen and oxygen atoms in total. The highest BCUT2D eigenvalue weighted by Gasteiger charge is 2.32. The number of carbonyl (C=O) groups is 1. The van der Waals surface area contributed by atoms with Crippen molar-refractivity contribution in [1.29, 1.82) is 0 Å². The van der Waals surface area contributed by atoms with Crippen molar-refractivity contribution in [3.05, 3.63) is 65.2 Å². The Bertz CT molecular complexity index is 891. The molecule has 2 aromatic carbocycles. The van der Waals surface area contributed by atoms with Crippen molar-refractivity contribution in [3.8, 4) is 5.75 Å². The number of alkyl halides is 3. The second kappa shape index (κ2) is 8.48. The molecule has 0 unspecified atom stereocenters. The normalized spacial score (nSPS) is 15.5. The molecule has 0 aromatic heterocycles. The third kappa shape index (κ3) is 4.72. The van der Waals surface area contributed by atoms with E-state index in [4.69, 9.17) is 9.84 Å². The minimum Gasteiger partial charge on any atom is -0.493 e. The topological polar surface area (TPSA) is 58.6 Å². The highest BCUT2D eigenvalue weighted by Crippen LogP contribution is 2.38. The Labute approximate surface area is 160 Å². The summed E-state index contributed by atoms with van der Waals surface area (Å²) in [5, 5.41) is 11.9. The Balaban J connectivity index is 1.87. The maximum Gasteiger partial charge on any atom is 0.416 e. The predicted octanol–water partition coefficient (Wildman–Crippen LogP) is 4.43. The molecule has 2 N–H and O–H groups in total. The van der Waals surface area contributed by atoms with Crippen LogP contribution in [0.15, 0.2) is 48.5 Å². The van der Waals surface area contributed by atoms with Gasteiger partial charge in [0.1, 0.15) is 5.75 Å². The molecule has 3 rings (SSSR count). The SMILES string of the molecule is O=C(/C=C1\CCCOc2cc(C(F)(F)F)ccc21)Nc1ccccc1CCO. The molecule has 148 valence electrons. The number of ether oxygens (including phenoxy) is 1. The molecule has 28 heavy (non-hydrogen) atoms. The lowest BCUT2D eigenvalue weighted by Gasteiger charge is -2.13. The maximum atomic E-state index is 13.0. The predicted molar refractivity (Wildman–Crippen MR) is 100 cm³/mol. The second-order valence-corrected chi connectivity index (χ2v) is 6.45. The van der Waals surface area contributed by atoms with E-state index in [0.29, 0.717) is 36.1 Å². The number of aliphatic hydroxyl groups excluding tert-OH is 1. The first-order valence-electron chi connectivity index (χ1n) is 8.93. The van der Waals surface area contributed by atoms with Gasteiger partial charge in [-0.05, 0) is 48.6 Å². The Morgan fingerprint density at radius 1 is 1.21 bits per heavy atom. The van der Waals surface area contributed by atoms with Gasteiger partial charge in [-0.3, -0.25) is 4.79 Å². The highest BCUT2D eigenvalue weighted by atomic mass is 19.4. The summed E-state index contributed by atoms with van der Waals surface area (Å²) in [6.45, 7) is 0.243. The molecule has 0 bridgehead atoms. The summed E-state index contributed by atoms with van der Waals surface area (Å²) < 4.78 is 44.3. The molecule has 0 radical (unpaired) electrons. The molecule has 1 amide bonds. The Hall–Kier alpha value is -2.80. The van der Waals surface area contributed by atoms with Crippen molar-refractivity contribution < 1.29 is 27.8 Å². The van der Waals surface area contributed by atoms with Gasteiger partial charge >= 0.3 is 6.18 Å². The summed E-state index contributed by atoms with van der Waals surface area (Å²) in [5.74, 6) is -0.250. The van der Waals surface area contributed by atoms with Crippen molar-refractivity contribution in [2.24, 2.45) is 0 Å². The average molecular weight is 391 g/mol. The number of para-hydroxylation sites is 1. The zero-order valence-corrected chi connectivity index (χ0v) is 15.1. The van der Waals surface area contributed by atoms with Gasteiger partial charge in [-0.1, -0.05) is 24.3 Å². The lowest BCUT2D eigenvalue weighted by atomic mass is 9.99. The molecule has 0 aliphatic carbocycles. The van der Waals surface area contributed by atoms with Crippen molar-refractivity contribution >= 4 is 17.2 Å². The molecule has 0 saturated heterocycles. The molecular weight excluding hydrogens is 371 g/mol. The first-order valence-corrected chi connectivity index (χ1v) is 8.93. The highest BCUT2D eigenvalue weighted by molar-refractivity contribution is 6.04. The monoisotopic (exact) mass is 391 g/mol. The van der Waals surface area contributed by atoms with E-state index in [0.717, 1.165) is 17.7 Å². The number of hydrogen-bond acceptors (Lipinski definition) is 3. The summed E-state index contributed by atoms with van der Waals surface area (Å²) in [4.78, 5) is 12.5. The molecule has 1 aliphatic rings. The molecule has 0 saturated carbocycles. The summed E-state index contributed by atoms with van der Waals surface area (Å²) in [6.07, 6.45) is -1.54. The van der Waals surface area contributed by atoms with Gasteiger partial charge in [-0.15, -0.1) is 0 Å². The average Bonchev–Trinajstić information content (AvgIpc) is 2.84. The minimum absolute atomic E-state index is 0.0414. The van der Waals surface area contributed by atoms with Gasteiger partial charge in [0.05, 0.1) is 12.2 Å². The van der Waals surface area contributed by atoms with Crippen LogP contribution < -0.4 is 10.1 Å². The summed E-state index contributed by atoms with van der Waals surface area (Å²) in [5.41, 5.74) is 1.73. The zero-order chi connectivity index (χ0) is 20.1. The van der Waals surface area contributed by atoms with Crippen LogP contribution in [0.1, 0.15) is 29.5 Å². The van der Waals surface area contributed by atoms with E-state index in [-0.39, 0.29) is 24.9 Å². The standard InChI is InChI=1S/C21H20F3NO3/c22-21(23,24)16-7-8-17-15(5-3-11-28-19(17)13-16)12-20(27)25-18-6-2-1-4-14(18)9-10-26/h1-2,4,6-8,12-13,26H,3,5,9-11H2,(H,25,27)/b15-12+. The van der Waals surface area contributed by atoms with Gasteiger partial charge < -0.3 is 15.2 Å². The number of amides is 1. The Morgan fingerprint density at radius 3 is 2.75 bits per heavy atom. The van der Waals surface area contributed by atoms with E-state index < -0.39 is 11.7 Å². The number of fused-ring (bicyclic) bond motifs is 1. The summed E-state index contributed by atoms with van der Waals surface area (Å²) in [7, 11) is 0. The van der Waals surface area contributed by atoms with Gasteiger partial charge in [0.25, 0.3) is 0 Å². The molecule has 2 aromatic rings. The lowest BCUT2D eigenvalue weighted by Crippen LogP contribution is -2.11. The number of hydrogen-bond donors (Lipinski definition) is 2. The number of rotatable bonds is 4. The van der Waals surface area contributed by atoms with Crippen LogP contribution in [-0.2, 0) is 17.4 Å². The fourth-order valence-electron chi connectivity index (χ4n) is 3.12. The van der Waals surface area contributed by atoms with Crippen molar-refractivity contribution in [2.45, 2.75) is 25.4 Å². The van der Waals surface area contributed by atoms with E-state index in [1.54, 1.807) is 12.1 Å². The number of allylic oxidation sites excluding steroid dienone is 1. The first kappa shape index (κ1) is 19.9. The van der Waals surface area contributed by atoms with E-state index in [1.165, 1.54) is 12.1 Å². The van der Waals surface area contributed by atoms with Crippen LogP contribution in [0.3, 0.4) is 0 Å². The number of carbonyl (C=O) groups excluding carboxylic acids is 1. The van der Waals surface area contributed by atoms with Crippen LogP contribution in [-0.4, -0.2) is 24.2 Å². The minimum atomic E-state index is -4.46. The van der Waals surface area contributed by atoms with E-state index in [1.807, 2.05) is 12.1 Å². The largest absolute Gasteiger partial charge is 0.493 e. The third-order valence-electron chi connectivity index (χ3n) is 4.46. The first-order chi connectivity index (χ1) is 13.4. The van der Waals surface area contributed by atoms with Gasteiger partial charge in [-0.25, -0.2) is 0 Å². The van der Waals surface area contributed by atoms with Crippen molar-refractivity contribution in [3.63, 3.8) is 0 Å². The number of anilines is 1. The lowest BCUT2D eigenvalue weighted by molar-refractivity contribution is -0.137. The van der Waals surface area contributed by atoms with Crippen LogP contribution >= 0.6 is 0 Å². The number of benzene rings is 2. The maximum absolute atomic E-state index is 13.0. The van der Waals surface area contributed by atoms with E-state index >= 15 is 0 Å². The Kier molecular flexibility index (Phi) is 6.04. The van der Waals surface area contributed by atoms with Gasteiger partial charge in [-0.2, -0.15) is 13.2 Å². The molecular formula is C21H20F3NO3. The molecule has 1 aliphatic heterocycles. The number of nitrogens with one attached hydrogen (secondary N) is 1. The number of aliphatic hydroxyl groups is 1. The molecule has 1 heterocycles. The third-order valence-corrected chi connectivity index (χ3v) is 4.46. The summed E-state index contributed by atoms with van der Waals surface area (Å²) >= 11 is 0. The zero-order valence-electron chi connectivity index (χ0n) is 15.1. The van der Waals surface area contributed by atoms with Crippen LogP contribution in [0.25, 0.3) is 5.57 Å². The number of halogens is 3. The second-order valence-electron chi connectivity index (χ2n) is 6.45. The molecule has 0 atom stereocenters. The molecule has 0 fully saturated rings. The van der Waals surface area contributed by atoms with Crippen LogP contribution in [0.5, 0.6) is 5.75 Å². The van der Waals surface area contributed by atoms with Crippen molar-refractivity contribution in [1.82, 2.24) is 0 Å². The van der Waals surface area contributed by atoms with Crippen LogP contribution in [0.4, 0.5) is 18.9 Å². The van der Waals surface area contributed by atoms with Gasteiger partial charge in [0, 0.05) is 23.9 Å². The smallest absolute Gasteiger partial charge is 0.416 e. The Morgan fingerprint density at radius 2 is 2.00 bits per heavy atom. The van der Waals surface area contributed by atoms with Crippen LogP contribution in [0.2, 0.25) is 0 Å². The molecule has 7 heteroatoms. The van der Waals surface area contributed by atoms with Crippen LogP contribution in [0, 0.1) is 0 Å². The summed E-state index contributed by atoms with van der Waals surface area (Å²) in [6, 6.07) is 10.5. The molecule has 0 spiro atoms. The van der Waals surface area contributed by atoms with Gasteiger partial charge in [0.15, 0.2) is 0 Å². The van der Waals surface area contributed by atoms with Gasteiger partial charge in [0.2, 0.25) is 5.91 Å². The van der Waals surface area contributed by atoms with Crippen molar-refractivity contribution in [2.75, 3.05) is 18.5 Å². The quantitative estimate of drug-likeness (QED) is 0.758. The fraction of sp³-hybridized carbons (Fsp3) is 0.286. The fourth-order valence-corrected chi connectivity index (χ4v) is 3.12.